The Labute approximate surface area is 166 Å². The lowest BCUT2D eigenvalue weighted by molar-refractivity contribution is -0.331. The molecule has 0 spiro atoms. The zero-order chi connectivity index (χ0) is 22.7. The van der Waals surface area contributed by atoms with Crippen LogP contribution in [0.25, 0.3) is 0 Å². The van der Waals surface area contributed by atoms with E-state index in [4.69, 9.17) is 39.2 Å². The first kappa shape index (κ1) is 25.2. The molecule has 1 heterocycles. The molecule has 12 radical (unpaired) electrons. The number of rotatable bonds is 1. The topological polar surface area (TPSA) is 32.8 Å². The number of nitrogens with zero attached hydrogens (tertiary/aromatic N) is 2. The minimum Gasteiger partial charge on any atom is -0.434 e. The van der Waals surface area contributed by atoms with Crippen LogP contribution in [-0.2, 0) is 4.74 Å². The van der Waals surface area contributed by atoms with Gasteiger partial charge in [-0.2, -0.15) is 26.3 Å². The zero-order valence-electron chi connectivity index (χ0n) is 15.2. The first-order valence-electron chi connectivity index (χ1n) is 7.63. The smallest absolute Gasteiger partial charge is 0.427 e. The third-order valence-corrected chi connectivity index (χ3v) is 4.18. The van der Waals surface area contributed by atoms with Crippen molar-refractivity contribution in [2.45, 2.75) is 60.8 Å². The van der Waals surface area contributed by atoms with Crippen LogP contribution in [0.3, 0.4) is 0 Å². The Morgan fingerprint density at radius 2 is 1.39 bits per heavy atom. The molecule has 1 amide bonds. The average Bonchev–Trinajstić information content (AvgIpc) is 2.39. The van der Waals surface area contributed by atoms with Gasteiger partial charge >= 0.3 is 18.4 Å². The Morgan fingerprint density at radius 3 is 1.71 bits per heavy atom. The fraction of sp³-hybridized carbons (Fsp3) is 0.917. The van der Waals surface area contributed by atoms with Gasteiger partial charge in [-0.1, -0.05) is 0 Å². The van der Waals surface area contributed by atoms with Crippen molar-refractivity contribution in [3.63, 3.8) is 0 Å². The maximum absolute atomic E-state index is 12.9. The third kappa shape index (κ3) is 4.21. The van der Waals surface area contributed by atoms with E-state index in [0.29, 0.717) is 0 Å². The lowest BCUT2D eigenvalue weighted by Crippen LogP contribution is -2.81. The number of alkyl halides is 6. The average molecular weight is 395 g/mol. The van der Waals surface area contributed by atoms with E-state index in [1.807, 2.05) is 0 Å². The summed E-state index contributed by atoms with van der Waals surface area (Å²) in [5.41, 5.74) is -6.20. The summed E-state index contributed by atoms with van der Waals surface area (Å²) >= 11 is 0. The summed E-state index contributed by atoms with van der Waals surface area (Å²) in [4.78, 5) is 13.5. The Morgan fingerprint density at radius 1 is 1.00 bits per heavy atom. The molecule has 0 N–H and O–H groups in total. The molecule has 1 aliphatic rings. The normalized spacial score (nSPS) is 24.0. The quantitative estimate of drug-likeness (QED) is 0.463. The highest BCUT2D eigenvalue weighted by Crippen LogP contribution is 2.44. The van der Waals surface area contributed by atoms with Gasteiger partial charge in [0.1, 0.15) is 0 Å². The van der Waals surface area contributed by atoms with Crippen LogP contribution in [0.5, 0.6) is 0 Å². The van der Waals surface area contributed by atoms with Gasteiger partial charge < -0.3 is 14.5 Å². The van der Waals surface area contributed by atoms with Crippen LogP contribution in [0.4, 0.5) is 31.1 Å². The van der Waals surface area contributed by atoms with E-state index in [0.717, 1.165) is 0 Å². The van der Waals surface area contributed by atoms with Crippen molar-refractivity contribution < 1.29 is 35.9 Å². The minimum atomic E-state index is -6.22. The molecule has 0 aromatic rings. The SMILES string of the molecule is [B]C1N(C(=O)OC([B])(C(F)(F)F)C(F)(F)F)C([B])([B])CN(C(C)(C)C)C1([B])[B]. The molecular weight excluding hydrogens is 383 g/mol. The van der Waals surface area contributed by atoms with Crippen molar-refractivity contribution in [2.24, 2.45) is 0 Å². The predicted molar refractivity (Wildman–Crippen MR) is 93.4 cm³/mol. The van der Waals surface area contributed by atoms with Crippen LogP contribution < -0.4 is 0 Å². The number of hydrogen-bond donors (Lipinski definition) is 0. The van der Waals surface area contributed by atoms with E-state index < -0.39 is 52.6 Å². The molecule has 1 rings (SSSR count). The number of piperazine rings is 1. The number of carbonyl (C=O) groups is 1. The van der Waals surface area contributed by atoms with Gasteiger partial charge in [0.15, 0.2) is 7.85 Å². The third-order valence-electron chi connectivity index (χ3n) is 4.18. The largest absolute Gasteiger partial charge is 0.434 e. The molecule has 0 aromatic carbocycles. The summed E-state index contributed by atoms with van der Waals surface area (Å²) in [5, 5.41) is -4.54. The number of amides is 1. The molecule has 28 heavy (non-hydrogen) atoms. The summed E-state index contributed by atoms with van der Waals surface area (Å²) in [6.07, 6.45) is -14.7. The predicted octanol–water partition coefficient (Wildman–Crippen LogP) is 0.00470. The molecular formula is C12H12B6F6N2O2. The van der Waals surface area contributed by atoms with Gasteiger partial charge in [-0.15, -0.1) is 0 Å². The number of carbonyl (C=O) groups excluding carboxylic acids is 1. The number of hydrogen-bond acceptors (Lipinski definition) is 3. The molecule has 1 fully saturated rings. The van der Waals surface area contributed by atoms with Crippen molar-refractivity contribution in [1.29, 1.82) is 0 Å². The Kier molecular flexibility index (Phi) is 6.19. The molecule has 1 unspecified atom stereocenters. The van der Waals surface area contributed by atoms with E-state index in [-0.39, 0.29) is 4.90 Å². The highest BCUT2D eigenvalue weighted by atomic mass is 19.4. The van der Waals surface area contributed by atoms with E-state index in [1.165, 1.54) is 4.90 Å². The minimum absolute atomic E-state index is 0.00563. The summed E-state index contributed by atoms with van der Waals surface area (Å²) < 4.78 is 80.9. The second-order valence-corrected chi connectivity index (χ2v) is 7.55. The molecule has 0 saturated carbocycles. The lowest BCUT2D eigenvalue weighted by atomic mass is 9.45. The van der Waals surface area contributed by atoms with Crippen LogP contribution in [0.1, 0.15) is 20.8 Å². The fourth-order valence-corrected chi connectivity index (χ4v) is 2.66. The standard InChI is InChI=1S/C12H12B6F6N2O2/c1-7(2,3)25-4-8(14,15)26(5(13)9(25,16)17)6(27)28-10(18,11(19,20)21)12(22,23)24/h5H,4H2,1-3H3. The second kappa shape index (κ2) is 6.87. The molecule has 0 aliphatic carbocycles. The summed E-state index contributed by atoms with van der Waals surface area (Å²) in [6, 6.07) is 0. The monoisotopic (exact) mass is 396 g/mol. The van der Waals surface area contributed by atoms with Gasteiger partial charge in [0.2, 0.25) is 0 Å². The molecule has 16 heteroatoms. The number of halogens is 6. The highest BCUT2D eigenvalue weighted by molar-refractivity contribution is 6.46. The van der Waals surface area contributed by atoms with Crippen LogP contribution in [0.15, 0.2) is 0 Å². The van der Waals surface area contributed by atoms with E-state index in [2.05, 4.69) is 12.6 Å². The molecule has 1 atom stereocenters. The van der Waals surface area contributed by atoms with E-state index >= 15 is 0 Å². The summed E-state index contributed by atoms with van der Waals surface area (Å²) in [7, 11) is 33.3. The van der Waals surface area contributed by atoms with E-state index in [9.17, 15) is 31.1 Å². The Hall–Kier alpha value is -0.800. The zero-order valence-corrected chi connectivity index (χ0v) is 15.2. The van der Waals surface area contributed by atoms with Crippen LogP contribution in [0.2, 0.25) is 0 Å². The van der Waals surface area contributed by atoms with Gasteiger partial charge in [0.05, 0.1) is 39.2 Å². The molecule has 4 nitrogen and oxygen atoms in total. The summed E-state index contributed by atoms with van der Waals surface area (Å²) in [5.74, 6) is -1.96. The van der Waals surface area contributed by atoms with Crippen molar-refractivity contribution in [3.8, 4) is 0 Å². The molecule has 1 saturated heterocycles. The van der Waals surface area contributed by atoms with Crippen molar-refractivity contribution in [2.75, 3.05) is 6.54 Å². The molecule has 0 aromatic heterocycles. The molecule has 1 aliphatic heterocycles. The first-order chi connectivity index (χ1) is 12.0. The van der Waals surface area contributed by atoms with E-state index in [1.54, 1.807) is 20.8 Å². The Balaban J connectivity index is 3.37. The van der Waals surface area contributed by atoms with Gasteiger partial charge in [-0.25, -0.2) is 4.79 Å². The van der Waals surface area contributed by atoms with Gasteiger partial charge in [0.25, 0.3) is 5.50 Å². The number of ether oxygens (including phenoxy) is 1. The summed E-state index contributed by atoms with van der Waals surface area (Å²) in [6.45, 7) is 4.26. The van der Waals surface area contributed by atoms with Crippen LogP contribution in [0, 0.1) is 0 Å². The van der Waals surface area contributed by atoms with Crippen LogP contribution >= 0.6 is 0 Å². The fourth-order valence-electron chi connectivity index (χ4n) is 2.66. The first-order valence-corrected chi connectivity index (χ1v) is 7.63. The maximum Gasteiger partial charge on any atom is 0.427 e. The maximum atomic E-state index is 12.9. The van der Waals surface area contributed by atoms with Crippen molar-refractivity contribution in [3.05, 3.63) is 0 Å². The lowest BCUT2D eigenvalue weighted by Gasteiger charge is -2.64. The molecule has 142 valence electrons. The van der Waals surface area contributed by atoms with Gasteiger partial charge in [-0.05, 0) is 37.4 Å². The van der Waals surface area contributed by atoms with Crippen LogP contribution in [-0.4, -0.2) is 110 Å². The van der Waals surface area contributed by atoms with Crippen molar-refractivity contribution >= 4 is 53.2 Å². The highest BCUT2D eigenvalue weighted by Gasteiger charge is 2.70. The second-order valence-electron chi connectivity index (χ2n) is 7.55. The molecule has 0 bridgehead atoms. The Bertz CT molecular complexity index is 607. The van der Waals surface area contributed by atoms with Gasteiger partial charge in [0, 0.05) is 12.1 Å². The van der Waals surface area contributed by atoms with Crippen molar-refractivity contribution in [1.82, 2.24) is 9.80 Å². The van der Waals surface area contributed by atoms with Gasteiger partial charge in [-0.3, -0.25) is 0 Å².